The van der Waals surface area contributed by atoms with Crippen molar-refractivity contribution < 1.29 is 23.8 Å². The lowest BCUT2D eigenvalue weighted by Crippen LogP contribution is -2.34. The minimum Gasteiger partial charge on any atom is -0.493 e. The molecule has 2 amide bonds. The maximum absolute atomic E-state index is 12.6. The molecule has 2 aromatic rings. The Kier molecular flexibility index (Phi) is 7.38. The lowest BCUT2D eigenvalue weighted by Gasteiger charge is -2.16. The number of carbonyl (C=O) groups excluding carboxylic acids is 2. The number of thiocarbonyl (C=S) groups is 1. The predicted molar refractivity (Wildman–Crippen MR) is 115 cm³/mol. The molecule has 0 saturated carbocycles. The highest BCUT2D eigenvalue weighted by atomic mass is 32.1. The Bertz CT molecular complexity index is 890. The minimum atomic E-state index is -0.435. The second-order valence-electron chi connectivity index (χ2n) is 5.95. The van der Waals surface area contributed by atoms with E-state index in [0.29, 0.717) is 28.5 Å². The van der Waals surface area contributed by atoms with E-state index in [1.165, 1.54) is 45.3 Å². The Balaban J connectivity index is 2.09. The van der Waals surface area contributed by atoms with Crippen LogP contribution in [-0.4, -0.2) is 45.3 Å². The number of anilines is 2. The number of hydrogen-bond donors (Lipinski definition) is 2. The average molecular weight is 417 g/mol. The zero-order valence-electron chi connectivity index (χ0n) is 16.9. The molecule has 0 heterocycles. The molecule has 9 heteroatoms. The van der Waals surface area contributed by atoms with Gasteiger partial charge in [0.1, 0.15) is 0 Å². The van der Waals surface area contributed by atoms with E-state index in [-0.39, 0.29) is 11.0 Å². The molecule has 0 spiro atoms. The molecule has 154 valence electrons. The Morgan fingerprint density at radius 1 is 0.966 bits per heavy atom. The van der Waals surface area contributed by atoms with Gasteiger partial charge in [-0.3, -0.25) is 14.9 Å². The minimum absolute atomic E-state index is 0.0705. The van der Waals surface area contributed by atoms with Crippen LogP contribution >= 0.6 is 12.2 Å². The van der Waals surface area contributed by atoms with E-state index in [0.717, 1.165) is 5.69 Å². The zero-order valence-corrected chi connectivity index (χ0v) is 17.7. The number of methoxy groups -OCH3 is 3. The highest BCUT2D eigenvalue weighted by Crippen LogP contribution is 2.38. The van der Waals surface area contributed by atoms with Crippen LogP contribution in [0.25, 0.3) is 0 Å². The van der Waals surface area contributed by atoms with Crippen LogP contribution in [0.15, 0.2) is 36.4 Å². The van der Waals surface area contributed by atoms with Crippen molar-refractivity contribution in [3.8, 4) is 17.2 Å². The van der Waals surface area contributed by atoms with Crippen LogP contribution in [0.4, 0.5) is 11.4 Å². The fourth-order valence-corrected chi connectivity index (χ4v) is 2.71. The highest BCUT2D eigenvalue weighted by molar-refractivity contribution is 7.80. The number of nitrogens with zero attached hydrogens (tertiary/aromatic N) is 1. The fraction of sp³-hybridized carbons (Fsp3) is 0.250. The first-order valence-corrected chi connectivity index (χ1v) is 8.98. The topological polar surface area (TPSA) is 89.1 Å². The molecule has 0 aliphatic rings. The van der Waals surface area contributed by atoms with Gasteiger partial charge in [0, 0.05) is 30.9 Å². The second kappa shape index (κ2) is 9.74. The molecule has 29 heavy (non-hydrogen) atoms. The summed E-state index contributed by atoms with van der Waals surface area (Å²) in [6.45, 7) is 1.49. The standard InChI is InChI=1S/C20H23N3O5S/c1-12(24)23(2)15-8-6-14(7-9-15)21-20(29)22-19(25)13-10-16(26-3)18(28-5)17(11-13)27-4/h6-11H,1-5H3,(H2,21,22,25,29). The van der Waals surface area contributed by atoms with E-state index in [4.69, 9.17) is 26.4 Å². The molecule has 0 fully saturated rings. The average Bonchev–Trinajstić information content (AvgIpc) is 2.72. The summed E-state index contributed by atoms with van der Waals surface area (Å²) in [7, 11) is 6.11. The summed E-state index contributed by atoms with van der Waals surface area (Å²) in [5.74, 6) is 0.610. The quantitative estimate of drug-likeness (QED) is 0.699. The molecule has 0 bridgehead atoms. The molecule has 2 N–H and O–H groups in total. The number of carbonyl (C=O) groups is 2. The van der Waals surface area contributed by atoms with Crippen LogP contribution < -0.4 is 29.7 Å². The summed E-state index contributed by atoms with van der Waals surface area (Å²) >= 11 is 5.21. The Morgan fingerprint density at radius 3 is 1.97 bits per heavy atom. The third-order valence-electron chi connectivity index (χ3n) is 4.14. The summed E-state index contributed by atoms with van der Waals surface area (Å²) in [6.07, 6.45) is 0. The van der Waals surface area contributed by atoms with E-state index >= 15 is 0 Å². The zero-order chi connectivity index (χ0) is 21.6. The first-order valence-electron chi connectivity index (χ1n) is 8.57. The van der Waals surface area contributed by atoms with Crippen LogP contribution in [0.2, 0.25) is 0 Å². The third-order valence-corrected chi connectivity index (χ3v) is 4.34. The first-order chi connectivity index (χ1) is 13.8. The molecule has 0 aliphatic carbocycles. The van der Waals surface area contributed by atoms with Gasteiger partial charge in [-0.1, -0.05) is 0 Å². The van der Waals surface area contributed by atoms with E-state index < -0.39 is 5.91 Å². The summed E-state index contributed by atoms with van der Waals surface area (Å²) in [5, 5.41) is 5.65. The van der Waals surface area contributed by atoms with Crippen molar-refractivity contribution >= 4 is 40.5 Å². The van der Waals surface area contributed by atoms with Gasteiger partial charge in [-0.05, 0) is 48.6 Å². The number of hydrogen-bond acceptors (Lipinski definition) is 6. The smallest absolute Gasteiger partial charge is 0.257 e. The number of ether oxygens (including phenoxy) is 3. The van der Waals surface area contributed by atoms with Crippen molar-refractivity contribution in [1.82, 2.24) is 5.32 Å². The molecule has 0 aromatic heterocycles. The van der Waals surface area contributed by atoms with Crippen molar-refractivity contribution in [3.63, 3.8) is 0 Å². The molecular weight excluding hydrogens is 394 g/mol. The van der Waals surface area contributed by atoms with Gasteiger partial charge in [-0.2, -0.15) is 0 Å². The Morgan fingerprint density at radius 2 is 1.52 bits per heavy atom. The van der Waals surface area contributed by atoms with Gasteiger partial charge in [0.25, 0.3) is 5.91 Å². The summed E-state index contributed by atoms with van der Waals surface area (Å²) in [4.78, 5) is 25.5. The normalized spacial score (nSPS) is 9.97. The Labute approximate surface area is 174 Å². The number of benzene rings is 2. The third kappa shape index (κ3) is 5.35. The maximum atomic E-state index is 12.6. The molecule has 0 saturated heterocycles. The molecule has 8 nitrogen and oxygen atoms in total. The van der Waals surface area contributed by atoms with Gasteiger partial charge in [0.05, 0.1) is 21.3 Å². The highest BCUT2D eigenvalue weighted by Gasteiger charge is 2.17. The van der Waals surface area contributed by atoms with Crippen molar-refractivity contribution in [2.24, 2.45) is 0 Å². The summed E-state index contributed by atoms with van der Waals surface area (Å²) < 4.78 is 15.8. The van der Waals surface area contributed by atoms with Gasteiger partial charge >= 0.3 is 0 Å². The number of nitrogens with one attached hydrogen (secondary N) is 2. The number of amides is 2. The van der Waals surface area contributed by atoms with Gasteiger partial charge < -0.3 is 24.4 Å². The molecule has 0 radical (unpaired) electrons. The molecule has 2 aromatic carbocycles. The van der Waals surface area contributed by atoms with Crippen LogP contribution in [-0.2, 0) is 4.79 Å². The molecule has 2 rings (SSSR count). The predicted octanol–water partition coefficient (Wildman–Crippen LogP) is 2.82. The summed E-state index contributed by atoms with van der Waals surface area (Å²) in [6, 6.07) is 10.1. The van der Waals surface area contributed by atoms with Crippen molar-refractivity contribution in [1.29, 1.82) is 0 Å². The van der Waals surface area contributed by atoms with Crippen LogP contribution in [0.1, 0.15) is 17.3 Å². The van der Waals surface area contributed by atoms with Crippen LogP contribution in [0, 0.1) is 0 Å². The fourth-order valence-electron chi connectivity index (χ4n) is 2.50. The second-order valence-corrected chi connectivity index (χ2v) is 6.36. The molecular formula is C20H23N3O5S. The lowest BCUT2D eigenvalue weighted by molar-refractivity contribution is -0.116. The van der Waals surface area contributed by atoms with Gasteiger partial charge in [0.2, 0.25) is 11.7 Å². The maximum Gasteiger partial charge on any atom is 0.257 e. The van der Waals surface area contributed by atoms with E-state index in [2.05, 4.69) is 10.6 Å². The van der Waals surface area contributed by atoms with Crippen LogP contribution in [0.5, 0.6) is 17.2 Å². The largest absolute Gasteiger partial charge is 0.493 e. The molecule has 0 unspecified atom stereocenters. The number of rotatable bonds is 6. The van der Waals surface area contributed by atoms with E-state index in [9.17, 15) is 9.59 Å². The SMILES string of the molecule is COc1cc(C(=O)NC(=S)Nc2ccc(N(C)C(C)=O)cc2)cc(OC)c1OC. The summed E-state index contributed by atoms with van der Waals surface area (Å²) in [5.41, 5.74) is 1.71. The lowest BCUT2D eigenvalue weighted by atomic mass is 10.1. The van der Waals surface area contributed by atoms with E-state index in [1.54, 1.807) is 31.3 Å². The van der Waals surface area contributed by atoms with Gasteiger partial charge in [0.15, 0.2) is 16.6 Å². The van der Waals surface area contributed by atoms with E-state index in [1.807, 2.05) is 0 Å². The van der Waals surface area contributed by atoms with Crippen molar-refractivity contribution in [3.05, 3.63) is 42.0 Å². The monoisotopic (exact) mass is 417 g/mol. The van der Waals surface area contributed by atoms with Crippen molar-refractivity contribution in [2.45, 2.75) is 6.92 Å². The Hall–Kier alpha value is -3.33. The molecule has 0 atom stereocenters. The molecule has 0 aliphatic heterocycles. The van der Waals surface area contributed by atoms with Gasteiger partial charge in [-0.15, -0.1) is 0 Å². The first kappa shape index (κ1) is 22.0. The van der Waals surface area contributed by atoms with Gasteiger partial charge in [-0.25, -0.2) is 0 Å². The van der Waals surface area contributed by atoms with Crippen LogP contribution in [0.3, 0.4) is 0 Å². The van der Waals surface area contributed by atoms with Crippen molar-refractivity contribution in [2.75, 3.05) is 38.6 Å².